The van der Waals surface area contributed by atoms with Crippen LogP contribution in [0.4, 0.5) is 10.8 Å². The second-order valence-electron chi connectivity index (χ2n) is 3.27. The van der Waals surface area contributed by atoms with E-state index in [0.717, 1.165) is 17.5 Å². The molecule has 66 valence electrons. The topological polar surface area (TPSA) is 50.9 Å². The molecule has 3 N–H and O–H groups in total. The summed E-state index contributed by atoms with van der Waals surface area (Å²) in [6.07, 6.45) is 4.14. The number of nitrogen functional groups attached to an aromatic ring is 1. The summed E-state index contributed by atoms with van der Waals surface area (Å²) in [5, 5.41) is 4.40. The molecule has 0 amide bonds. The van der Waals surface area contributed by atoms with Gasteiger partial charge in [0.15, 0.2) is 0 Å². The van der Waals surface area contributed by atoms with E-state index in [4.69, 9.17) is 5.73 Å². The smallest absolute Gasteiger partial charge is 0.139 e. The molecule has 1 heterocycles. The fourth-order valence-electron chi connectivity index (χ4n) is 1.18. The van der Waals surface area contributed by atoms with Crippen LogP contribution >= 0.6 is 11.5 Å². The van der Waals surface area contributed by atoms with Gasteiger partial charge in [0.25, 0.3) is 0 Å². The summed E-state index contributed by atoms with van der Waals surface area (Å²) in [6, 6.07) is 1.89. The van der Waals surface area contributed by atoms with Gasteiger partial charge in [-0.1, -0.05) is 12.8 Å². The SMILES string of the molecule is Nc1cc(NCCC2CC2)sn1. The molecular weight excluding hydrogens is 170 g/mol. The lowest BCUT2D eigenvalue weighted by Gasteiger charge is -1.99. The summed E-state index contributed by atoms with van der Waals surface area (Å²) >= 11 is 1.44. The molecule has 1 aromatic heterocycles. The Labute approximate surface area is 76.1 Å². The maximum absolute atomic E-state index is 5.48. The largest absolute Gasteiger partial charge is 0.383 e. The van der Waals surface area contributed by atoms with E-state index in [9.17, 15) is 0 Å². The minimum absolute atomic E-state index is 0.619. The molecule has 0 saturated heterocycles. The Morgan fingerprint density at radius 1 is 1.67 bits per heavy atom. The lowest BCUT2D eigenvalue weighted by molar-refractivity contribution is 0.761. The van der Waals surface area contributed by atoms with Crippen LogP contribution in [0.1, 0.15) is 19.3 Å². The predicted molar refractivity (Wildman–Crippen MR) is 52.4 cm³/mol. The molecule has 0 unspecified atom stereocenters. The van der Waals surface area contributed by atoms with Crippen molar-refractivity contribution < 1.29 is 0 Å². The predicted octanol–water partition coefficient (Wildman–Crippen LogP) is 1.94. The number of anilines is 2. The molecule has 0 bridgehead atoms. The Hall–Kier alpha value is -0.770. The van der Waals surface area contributed by atoms with Crippen molar-refractivity contribution >= 4 is 22.4 Å². The molecule has 0 aliphatic heterocycles. The zero-order valence-electron chi connectivity index (χ0n) is 6.92. The molecule has 0 radical (unpaired) electrons. The first kappa shape index (κ1) is 7.86. The van der Waals surface area contributed by atoms with Gasteiger partial charge in [-0.05, 0) is 23.9 Å². The fourth-order valence-corrected chi connectivity index (χ4v) is 1.77. The van der Waals surface area contributed by atoms with E-state index in [-0.39, 0.29) is 0 Å². The molecule has 1 aliphatic carbocycles. The van der Waals surface area contributed by atoms with E-state index in [1.807, 2.05) is 6.07 Å². The van der Waals surface area contributed by atoms with E-state index >= 15 is 0 Å². The van der Waals surface area contributed by atoms with Crippen molar-refractivity contribution in [3.05, 3.63) is 6.07 Å². The van der Waals surface area contributed by atoms with Crippen molar-refractivity contribution in [2.24, 2.45) is 5.92 Å². The monoisotopic (exact) mass is 183 g/mol. The van der Waals surface area contributed by atoms with Crippen molar-refractivity contribution in [1.29, 1.82) is 0 Å². The summed E-state index contributed by atoms with van der Waals surface area (Å²) in [5.41, 5.74) is 5.48. The maximum atomic E-state index is 5.48. The van der Waals surface area contributed by atoms with Crippen molar-refractivity contribution in [3.8, 4) is 0 Å². The van der Waals surface area contributed by atoms with Gasteiger partial charge in [0, 0.05) is 12.6 Å². The third-order valence-electron chi connectivity index (χ3n) is 2.08. The van der Waals surface area contributed by atoms with Crippen LogP contribution < -0.4 is 11.1 Å². The van der Waals surface area contributed by atoms with Crippen molar-refractivity contribution in [2.75, 3.05) is 17.6 Å². The highest BCUT2D eigenvalue weighted by molar-refractivity contribution is 7.10. The maximum Gasteiger partial charge on any atom is 0.139 e. The summed E-state index contributed by atoms with van der Waals surface area (Å²) in [5.74, 6) is 1.61. The van der Waals surface area contributed by atoms with Crippen LogP contribution in [0, 0.1) is 5.92 Å². The first-order chi connectivity index (χ1) is 5.84. The van der Waals surface area contributed by atoms with Crippen molar-refractivity contribution in [1.82, 2.24) is 4.37 Å². The quantitative estimate of drug-likeness (QED) is 0.750. The number of aromatic nitrogens is 1. The van der Waals surface area contributed by atoms with Crippen molar-refractivity contribution in [3.63, 3.8) is 0 Å². The molecule has 4 heteroatoms. The number of nitrogens with one attached hydrogen (secondary N) is 1. The van der Waals surface area contributed by atoms with Crippen molar-refractivity contribution in [2.45, 2.75) is 19.3 Å². The minimum Gasteiger partial charge on any atom is -0.383 e. The molecule has 1 aliphatic rings. The number of nitrogens with zero attached hydrogens (tertiary/aromatic N) is 1. The Balaban J connectivity index is 1.71. The summed E-state index contributed by atoms with van der Waals surface area (Å²) < 4.78 is 3.99. The van der Waals surface area contributed by atoms with Gasteiger partial charge in [0.2, 0.25) is 0 Å². The zero-order valence-corrected chi connectivity index (χ0v) is 7.73. The molecule has 12 heavy (non-hydrogen) atoms. The van der Waals surface area contributed by atoms with E-state index in [1.165, 1.54) is 30.8 Å². The Bertz CT molecular complexity index is 255. The molecule has 1 fully saturated rings. The Morgan fingerprint density at radius 3 is 3.08 bits per heavy atom. The first-order valence-corrected chi connectivity index (χ1v) is 5.08. The highest BCUT2D eigenvalue weighted by Gasteiger charge is 2.20. The summed E-state index contributed by atoms with van der Waals surface area (Å²) in [7, 11) is 0. The van der Waals surface area contributed by atoms with Crippen LogP contribution in [-0.4, -0.2) is 10.9 Å². The molecule has 0 spiro atoms. The number of nitrogens with two attached hydrogens (primary N) is 1. The molecule has 1 aromatic rings. The molecular formula is C8H13N3S. The lowest BCUT2D eigenvalue weighted by atomic mass is 10.3. The number of hydrogen-bond donors (Lipinski definition) is 2. The van der Waals surface area contributed by atoms with Crippen LogP contribution in [0.15, 0.2) is 6.07 Å². The minimum atomic E-state index is 0.619. The van der Waals surface area contributed by atoms with E-state index in [2.05, 4.69) is 9.69 Å². The summed E-state index contributed by atoms with van der Waals surface area (Å²) in [6.45, 7) is 1.06. The average Bonchev–Trinajstić information content (AvgIpc) is 2.76. The third-order valence-corrected chi connectivity index (χ3v) is 2.84. The van der Waals surface area contributed by atoms with Gasteiger partial charge in [-0.3, -0.25) is 0 Å². The molecule has 0 atom stereocenters. The van der Waals surface area contributed by atoms with Crippen LogP contribution in [0.25, 0.3) is 0 Å². The van der Waals surface area contributed by atoms with Gasteiger partial charge in [-0.25, -0.2) is 0 Å². The standard InChI is InChI=1S/C8H13N3S/c9-7-5-8(12-11-7)10-4-3-6-1-2-6/h5-6,10H,1-4H2,(H2,9,11). The molecule has 2 rings (SSSR count). The van der Waals surface area contributed by atoms with Crippen LogP contribution in [0.2, 0.25) is 0 Å². The average molecular weight is 183 g/mol. The van der Waals surface area contributed by atoms with Crippen LogP contribution in [0.3, 0.4) is 0 Å². The Kier molecular flexibility index (Phi) is 2.17. The lowest BCUT2D eigenvalue weighted by Crippen LogP contribution is -2.00. The van der Waals surface area contributed by atoms with Gasteiger partial charge < -0.3 is 11.1 Å². The second kappa shape index (κ2) is 3.31. The fraction of sp³-hybridized carbons (Fsp3) is 0.625. The normalized spacial score (nSPS) is 16.3. The highest BCUT2D eigenvalue weighted by atomic mass is 32.1. The van der Waals surface area contributed by atoms with Gasteiger partial charge in [0.05, 0.1) is 0 Å². The highest BCUT2D eigenvalue weighted by Crippen LogP contribution is 2.32. The zero-order chi connectivity index (χ0) is 8.39. The molecule has 1 saturated carbocycles. The van der Waals surface area contributed by atoms with Gasteiger partial charge in [-0.2, -0.15) is 4.37 Å². The summed E-state index contributed by atoms with van der Waals surface area (Å²) in [4.78, 5) is 0. The second-order valence-corrected chi connectivity index (χ2v) is 4.08. The van der Waals surface area contributed by atoms with E-state index in [1.54, 1.807) is 0 Å². The number of rotatable bonds is 4. The van der Waals surface area contributed by atoms with Crippen LogP contribution in [0.5, 0.6) is 0 Å². The third kappa shape index (κ3) is 2.11. The number of hydrogen-bond acceptors (Lipinski definition) is 4. The van der Waals surface area contributed by atoms with Crippen LogP contribution in [-0.2, 0) is 0 Å². The molecule has 3 nitrogen and oxygen atoms in total. The van der Waals surface area contributed by atoms with E-state index in [0.29, 0.717) is 5.82 Å². The molecule has 0 aromatic carbocycles. The van der Waals surface area contributed by atoms with Gasteiger partial charge in [-0.15, -0.1) is 0 Å². The van der Waals surface area contributed by atoms with E-state index < -0.39 is 0 Å². The first-order valence-electron chi connectivity index (χ1n) is 4.30. The van der Waals surface area contributed by atoms with Gasteiger partial charge in [0.1, 0.15) is 10.8 Å². The van der Waals surface area contributed by atoms with Gasteiger partial charge >= 0.3 is 0 Å². The Morgan fingerprint density at radius 2 is 2.50 bits per heavy atom.